The van der Waals surface area contributed by atoms with E-state index >= 15 is 0 Å². The third-order valence-electron chi connectivity index (χ3n) is 3.97. The second kappa shape index (κ2) is 5.39. The molecule has 3 aromatic rings. The van der Waals surface area contributed by atoms with Gasteiger partial charge in [0.05, 0.1) is 6.04 Å². The zero-order valence-corrected chi connectivity index (χ0v) is 12.9. The average molecular weight is 281 g/mol. The van der Waals surface area contributed by atoms with Crippen molar-refractivity contribution in [2.75, 3.05) is 7.05 Å². The number of rotatable bonds is 3. The Bertz CT molecular complexity index is 742. The van der Waals surface area contributed by atoms with Gasteiger partial charge in [-0.3, -0.25) is 0 Å². The Morgan fingerprint density at radius 2 is 1.85 bits per heavy atom. The summed E-state index contributed by atoms with van der Waals surface area (Å²) in [6.07, 6.45) is 0. The van der Waals surface area contributed by atoms with Gasteiger partial charge in [-0.2, -0.15) is 0 Å². The SMILES string of the molecule is CNC(c1ccc(C)c(C)c1)c1cccc2ccsc12. The Balaban J connectivity index is 2.13. The number of fused-ring (bicyclic) bond motifs is 1. The standard InChI is InChI=1S/C18H19NS/c1-12-7-8-15(11-13(12)2)17(19-3)16-6-4-5-14-9-10-20-18(14)16/h4-11,17,19H,1-3H3. The van der Waals surface area contributed by atoms with E-state index in [-0.39, 0.29) is 6.04 Å². The van der Waals surface area contributed by atoms with Crippen molar-refractivity contribution >= 4 is 21.4 Å². The van der Waals surface area contributed by atoms with E-state index in [4.69, 9.17) is 0 Å². The van der Waals surface area contributed by atoms with Gasteiger partial charge in [0, 0.05) is 4.70 Å². The number of hydrogen-bond acceptors (Lipinski definition) is 2. The minimum absolute atomic E-state index is 0.247. The van der Waals surface area contributed by atoms with Crippen LogP contribution in [0.4, 0.5) is 0 Å². The molecular weight excluding hydrogens is 262 g/mol. The molecule has 0 radical (unpaired) electrons. The predicted molar refractivity (Wildman–Crippen MR) is 88.6 cm³/mol. The van der Waals surface area contributed by atoms with Crippen molar-refractivity contribution in [3.05, 3.63) is 70.1 Å². The Labute approximate surface area is 124 Å². The fourth-order valence-electron chi connectivity index (χ4n) is 2.69. The van der Waals surface area contributed by atoms with Crippen molar-refractivity contribution in [1.29, 1.82) is 0 Å². The molecule has 1 N–H and O–H groups in total. The maximum absolute atomic E-state index is 3.47. The Morgan fingerprint density at radius 3 is 2.60 bits per heavy atom. The molecule has 0 aliphatic carbocycles. The van der Waals surface area contributed by atoms with Crippen LogP contribution < -0.4 is 5.32 Å². The number of hydrogen-bond donors (Lipinski definition) is 1. The van der Waals surface area contributed by atoms with Gasteiger partial charge >= 0.3 is 0 Å². The van der Waals surface area contributed by atoms with E-state index in [9.17, 15) is 0 Å². The summed E-state index contributed by atoms with van der Waals surface area (Å²) in [7, 11) is 2.03. The van der Waals surface area contributed by atoms with E-state index in [1.807, 2.05) is 18.4 Å². The maximum atomic E-state index is 3.47. The van der Waals surface area contributed by atoms with Gasteiger partial charge in [-0.25, -0.2) is 0 Å². The highest BCUT2D eigenvalue weighted by Gasteiger charge is 2.15. The van der Waals surface area contributed by atoms with Crippen LogP contribution in [0.25, 0.3) is 10.1 Å². The maximum Gasteiger partial charge on any atom is 0.0588 e. The van der Waals surface area contributed by atoms with Gasteiger partial charge in [0.2, 0.25) is 0 Å². The first-order valence-corrected chi connectivity index (χ1v) is 7.79. The van der Waals surface area contributed by atoms with E-state index in [2.05, 4.69) is 67.0 Å². The van der Waals surface area contributed by atoms with E-state index in [0.29, 0.717) is 0 Å². The summed E-state index contributed by atoms with van der Waals surface area (Å²) in [6.45, 7) is 4.34. The highest BCUT2D eigenvalue weighted by atomic mass is 32.1. The van der Waals surface area contributed by atoms with Crippen molar-refractivity contribution in [2.24, 2.45) is 0 Å². The number of thiophene rings is 1. The molecular formula is C18H19NS. The fraction of sp³-hybridized carbons (Fsp3) is 0.222. The first kappa shape index (κ1) is 13.3. The molecule has 0 saturated carbocycles. The molecule has 20 heavy (non-hydrogen) atoms. The van der Waals surface area contributed by atoms with Gasteiger partial charge in [-0.1, -0.05) is 36.4 Å². The molecule has 1 aromatic heterocycles. The van der Waals surface area contributed by atoms with E-state index in [1.165, 1.54) is 32.3 Å². The monoisotopic (exact) mass is 281 g/mol. The van der Waals surface area contributed by atoms with Gasteiger partial charge in [-0.15, -0.1) is 11.3 Å². The summed E-state index contributed by atoms with van der Waals surface area (Å²) in [6, 6.07) is 15.7. The number of aryl methyl sites for hydroxylation is 2. The molecule has 102 valence electrons. The van der Waals surface area contributed by atoms with Gasteiger partial charge in [-0.05, 0) is 60.0 Å². The Morgan fingerprint density at radius 1 is 1.00 bits per heavy atom. The summed E-state index contributed by atoms with van der Waals surface area (Å²) in [5, 5.41) is 6.97. The zero-order chi connectivity index (χ0) is 14.1. The molecule has 1 heterocycles. The van der Waals surface area contributed by atoms with Crippen molar-refractivity contribution in [3.8, 4) is 0 Å². The van der Waals surface area contributed by atoms with Crippen LogP contribution >= 0.6 is 11.3 Å². The minimum Gasteiger partial charge on any atom is -0.309 e. The lowest BCUT2D eigenvalue weighted by Gasteiger charge is -2.19. The highest BCUT2D eigenvalue weighted by Crippen LogP contribution is 2.32. The molecule has 1 atom stereocenters. The Hall–Kier alpha value is -1.64. The normalized spacial score (nSPS) is 12.8. The molecule has 0 saturated heterocycles. The van der Waals surface area contributed by atoms with Gasteiger partial charge in [0.15, 0.2) is 0 Å². The van der Waals surface area contributed by atoms with Crippen molar-refractivity contribution < 1.29 is 0 Å². The molecule has 2 aromatic carbocycles. The molecule has 1 unspecified atom stereocenters. The van der Waals surface area contributed by atoms with Gasteiger partial charge in [0.1, 0.15) is 0 Å². The summed E-state index contributed by atoms with van der Waals surface area (Å²) in [5.41, 5.74) is 5.39. The summed E-state index contributed by atoms with van der Waals surface area (Å²) >= 11 is 1.82. The fourth-order valence-corrected chi connectivity index (χ4v) is 3.63. The van der Waals surface area contributed by atoms with Crippen LogP contribution in [-0.4, -0.2) is 7.05 Å². The third kappa shape index (κ3) is 2.26. The lowest BCUT2D eigenvalue weighted by molar-refractivity contribution is 0.697. The van der Waals surface area contributed by atoms with E-state index < -0.39 is 0 Å². The molecule has 0 fully saturated rings. The van der Waals surface area contributed by atoms with Gasteiger partial charge in [0.25, 0.3) is 0 Å². The summed E-state index contributed by atoms with van der Waals surface area (Å²) in [4.78, 5) is 0. The topological polar surface area (TPSA) is 12.0 Å². The van der Waals surface area contributed by atoms with E-state index in [1.54, 1.807) is 0 Å². The highest BCUT2D eigenvalue weighted by molar-refractivity contribution is 7.17. The molecule has 0 bridgehead atoms. The van der Waals surface area contributed by atoms with Crippen LogP contribution in [-0.2, 0) is 0 Å². The minimum atomic E-state index is 0.247. The smallest absolute Gasteiger partial charge is 0.0588 e. The van der Waals surface area contributed by atoms with Crippen LogP contribution in [0.15, 0.2) is 47.8 Å². The lowest BCUT2D eigenvalue weighted by Crippen LogP contribution is -2.17. The average Bonchev–Trinajstić information content (AvgIpc) is 2.93. The lowest BCUT2D eigenvalue weighted by atomic mass is 9.95. The quantitative estimate of drug-likeness (QED) is 0.725. The zero-order valence-electron chi connectivity index (χ0n) is 12.1. The third-order valence-corrected chi connectivity index (χ3v) is 4.95. The van der Waals surface area contributed by atoms with Crippen molar-refractivity contribution in [1.82, 2.24) is 5.32 Å². The van der Waals surface area contributed by atoms with Crippen LogP contribution in [0.2, 0.25) is 0 Å². The molecule has 0 aliphatic rings. The van der Waals surface area contributed by atoms with E-state index in [0.717, 1.165) is 0 Å². The molecule has 3 rings (SSSR count). The van der Waals surface area contributed by atoms with Crippen molar-refractivity contribution in [3.63, 3.8) is 0 Å². The second-order valence-electron chi connectivity index (χ2n) is 5.25. The summed E-state index contributed by atoms with van der Waals surface area (Å²) < 4.78 is 1.38. The number of nitrogens with one attached hydrogen (secondary N) is 1. The second-order valence-corrected chi connectivity index (χ2v) is 6.17. The largest absolute Gasteiger partial charge is 0.309 e. The van der Waals surface area contributed by atoms with Gasteiger partial charge < -0.3 is 5.32 Å². The molecule has 0 amide bonds. The van der Waals surface area contributed by atoms with Crippen LogP contribution in [0, 0.1) is 13.8 Å². The first-order chi connectivity index (χ1) is 9.70. The number of benzene rings is 2. The van der Waals surface area contributed by atoms with Crippen LogP contribution in [0.5, 0.6) is 0 Å². The van der Waals surface area contributed by atoms with Crippen molar-refractivity contribution in [2.45, 2.75) is 19.9 Å². The summed E-state index contributed by atoms with van der Waals surface area (Å²) in [5.74, 6) is 0. The van der Waals surface area contributed by atoms with Crippen LogP contribution in [0.1, 0.15) is 28.3 Å². The van der Waals surface area contributed by atoms with Crippen LogP contribution in [0.3, 0.4) is 0 Å². The molecule has 0 spiro atoms. The molecule has 2 heteroatoms. The molecule has 0 aliphatic heterocycles. The Kier molecular flexibility index (Phi) is 3.60. The first-order valence-electron chi connectivity index (χ1n) is 6.91. The predicted octanol–water partition coefficient (Wildman–Crippen LogP) is 4.83. The molecule has 1 nitrogen and oxygen atoms in total.